The number of rotatable bonds is 1. The number of carbonyl (C=O) groups is 1. The zero-order valence-corrected chi connectivity index (χ0v) is 8.51. The highest BCUT2D eigenvalue weighted by Gasteiger charge is 3.06. The van der Waals surface area contributed by atoms with E-state index in [1.54, 1.807) is 0 Å². The Bertz CT molecular complexity index is 454. The Morgan fingerprint density at radius 2 is 1.10 bits per heavy atom. The number of carboxylic acid groups (broad SMARTS) is 1. The molecule has 1 saturated carbocycles. The first-order chi connectivity index (χ1) is 8.44. The van der Waals surface area contributed by atoms with Gasteiger partial charge in [-0.2, -0.15) is 39.5 Å². The topological polar surface area (TPSA) is 37.3 Å². The van der Waals surface area contributed by atoms with Crippen LogP contribution in [0.3, 0.4) is 0 Å². The molecule has 2 nitrogen and oxygen atoms in total. The van der Waals surface area contributed by atoms with Crippen molar-refractivity contribution in [3.63, 3.8) is 0 Å². The molecule has 0 amide bonds. The Labute approximate surface area is 101 Å². The van der Waals surface area contributed by atoms with Crippen molar-refractivity contribution >= 4 is 5.97 Å². The predicted octanol–water partition coefficient (Wildman–Crippen LogP) is 2.97. The first-order valence-electron chi connectivity index (χ1n) is 4.26. The van der Waals surface area contributed by atoms with E-state index in [0.29, 0.717) is 0 Å². The average molecular weight is 326 g/mol. The van der Waals surface area contributed by atoms with E-state index in [4.69, 9.17) is 5.11 Å². The summed E-state index contributed by atoms with van der Waals surface area (Å²) in [5.41, 5.74) is -14.2. The quantitative estimate of drug-likeness (QED) is 0.752. The second-order valence-electron chi connectivity index (χ2n) is 3.84. The van der Waals surface area contributed by atoms with Crippen LogP contribution in [0.4, 0.5) is 48.3 Å². The van der Waals surface area contributed by atoms with E-state index in [1.807, 2.05) is 0 Å². The van der Waals surface area contributed by atoms with Gasteiger partial charge in [0.15, 0.2) is 0 Å². The third kappa shape index (κ3) is 1.19. The summed E-state index contributed by atoms with van der Waals surface area (Å²) >= 11 is 0. The third-order valence-electron chi connectivity index (χ3n) is 2.81. The van der Waals surface area contributed by atoms with Crippen LogP contribution in [0.5, 0.6) is 0 Å². The van der Waals surface area contributed by atoms with Gasteiger partial charge in [0.05, 0.1) is 0 Å². The number of carboxylic acids is 1. The third-order valence-corrected chi connectivity index (χ3v) is 2.81. The van der Waals surface area contributed by atoms with Gasteiger partial charge in [-0.05, 0) is 0 Å². The minimum atomic E-state index is -7.40. The smallest absolute Gasteiger partial charge is 0.435 e. The summed E-state index contributed by atoms with van der Waals surface area (Å²) in [5, 5.41) is 7.87. The lowest BCUT2D eigenvalue weighted by atomic mass is 9.92. The zero-order valence-electron chi connectivity index (χ0n) is 8.51. The summed E-state index contributed by atoms with van der Waals surface area (Å²) in [6, 6.07) is 0. The van der Waals surface area contributed by atoms with Crippen LogP contribution in [0.25, 0.3) is 0 Å². The Hall–Kier alpha value is -1.30. The van der Waals surface area contributed by atoms with Crippen molar-refractivity contribution < 1.29 is 58.2 Å². The normalized spacial score (nSPS) is 38.8. The van der Waals surface area contributed by atoms with Gasteiger partial charge in [0.1, 0.15) is 0 Å². The number of alkyl halides is 11. The first kappa shape index (κ1) is 16.8. The molecule has 2 atom stereocenters. The van der Waals surface area contributed by atoms with Gasteiger partial charge in [-0.25, -0.2) is 13.6 Å². The molecule has 0 spiro atoms. The molecule has 118 valence electrons. The van der Waals surface area contributed by atoms with Crippen LogP contribution in [0.1, 0.15) is 0 Å². The van der Waals surface area contributed by atoms with E-state index < -0.39 is 41.3 Å². The lowest BCUT2D eigenvalue weighted by molar-refractivity contribution is -0.358. The van der Waals surface area contributed by atoms with Gasteiger partial charge in [-0.1, -0.05) is 0 Å². The Balaban J connectivity index is 3.90. The van der Waals surface area contributed by atoms with Crippen molar-refractivity contribution in [3.8, 4) is 0 Å². The van der Waals surface area contributed by atoms with Crippen LogP contribution >= 0.6 is 0 Å². The molecule has 1 fully saturated rings. The largest absolute Gasteiger partial charge is 0.479 e. The maximum atomic E-state index is 13.2. The Morgan fingerprint density at radius 1 is 0.750 bits per heavy atom. The van der Waals surface area contributed by atoms with E-state index in [1.165, 1.54) is 0 Å². The molecule has 0 aromatic heterocycles. The monoisotopic (exact) mass is 326 g/mol. The van der Waals surface area contributed by atoms with Gasteiger partial charge in [-0.3, -0.25) is 0 Å². The highest BCUT2D eigenvalue weighted by Crippen LogP contribution is 2.72. The van der Waals surface area contributed by atoms with E-state index >= 15 is 0 Å². The molecule has 13 heteroatoms. The van der Waals surface area contributed by atoms with Crippen LogP contribution in [-0.4, -0.2) is 46.4 Å². The highest BCUT2D eigenvalue weighted by molar-refractivity contribution is 5.83. The molecule has 0 aromatic carbocycles. The van der Waals surface area contributed by atoms with Crippen molar-refractivity contribution in [2.45, 2.75) is 35.3 Å². The predicted molar refractivity (Wildman–Crippen MR) is 36.2 cm³/mol. The molecule has 0 saturated heterocycles. The van der Waals surface area contributed by atoms with Gasteiger partial charge < -0.3 is 5.11 Å². The first-order valence-corrected chi connectivity index (χ1v) is 4.26. The maximum absolute atomic E-state index is 13.2. The molecule has 0 radical (unpaired) electrons. The molecular formula is C7HF11O2. The van der Waals surface area contributed by atoms with Crippen LogP contribution < -0.4 is 0 Å². The fourth-order valence-corrected chi connectivity index (χ4v) is 1.69. The molecule has 1 aliphatic carbocycles. The van der Waals surface area contributed by atoms with Crippen LogP contribution in [-0.2, 0) is 4.79 Å². The molecule has 1 rings (SSSR count). The highest BCUT2D eigenvalue weighted by atomic mass is 19.4. The van der Waals surface area contributed by atoms with Crippen LogP contribution in [0.15, 0.2) is 0 Å². The van der Waals surface area contributed by atoms with E-state index in [-0.39, 0.29) is 0 Å². The molecule has 1 N–H and O–H groups in total. The fourth-order valence-electron chi connectivity index (χ4n) is 1.69. The molecule has 0 bridgehead atoms. The van der Waals surface area contributed by atoms with Crippen LogP contribution in [0, 0.1) is 0 Å². The molecule has 0 aromatic rings. The number of hydrogen-bond donors (Lipinski definition) is 1. The summed E-state index contributed by atoms with van der Waals surface area (Å²) < 4.78 is 140. The Kier molecular flexibility index (Phi) is 2.91. The minimum absolute atomic E-state index is 4.06. The molecule has 0 aliphatic heterocycles. The van der Waals surface area contributed by atoms with Crippen LogP contribution in [0.2, 0.25) is 0 Å². The summed E-state index contributed by atoms with van der Waals surface area (Å²) in [4.78, 5) is 10.1. The molecular weight excluding hydrogens is 325 g/mol. The minimum Gasteiger partial charge on any atom is -0.479 e. The average Bonchev–Trinajstić information content (AvgIpc) is 2.28. The lowest BCUT2D eigenvalue weighted by Crippen LogP contribution is -2.65. The van der Waals surface area contributed by atoms with Gasteiger partial charge in [-0.15, -0.1) is 0 Å². The van der Waals surface area contributed by atoms with E-state index in [0.717, 1.165) is 0 Å². The van der Waals surface area contributed by atoms with Crippen molar-refractivity contribution in [3.05, 3.63) is 0 Å². The Morgan fingerprint density at radius 3 is 1.25 bits per heavy atom. The fraction of sp³-hybridized carbons (Fsp3) is 0.857. The van der Waals surface area contributed by atoms with E-state index in [9.17, 15) is 53.1 Å². The van der Waals surface area contributed by atoms with Crippen molar-refractivity contribution in [1.82, 2.24) is 0 Å². The van der Waals surface area contributed by atoms with Crippen molar-refractivity contribution in [2.24, 2.45) is 0 Å². The second-order valence-corrected chi connectivity index (χ2v) is 3.84. The zero-order chi connectivity index (χ0) is 16.6. The van der Waals surface area contributed by atoms with E-state index in [2.05, 4.69) is 0 Å². The van der Waals surface area contributed by atoms with Gasteiger partial charge in [0.25, 0.3) is 0 Å². The van der Waals surface area contributed by atoms with Gasteiger partial charge in [0.2, 0.25) is 0 Å². The van der Waals surface area contributed by atoms with Gasteiger partial charge >= 0.3 is 41.3 Å². The molecule has 1 aliphatic rings. The molecule has 2 unspecified atom stereocenters. The standard InChI is InChI=1S/C7HF11O2/c8-2(1(19)20)4(10,11)3(9,7(16,17)18)6(14,15)5(2,12)13/h(H,19,20). The number of hydrogen-bond acceptors (Lipinski definition) is 1. The summed E-state index contributed by atoms with van der Waals surface area (Å²) in [7, 11) is 0. The van der Waals surface area contributed by atoms with Crippen molar-refractivity contribution in [1.29, 1.82) is 0 Å². The SMILES string of the molecule is O=C(O)C1(F)C(F)(F)C(F)(F)C(F)(C(F)(F)F)C1(F)F. The summed E-state index contributed by atoms with van der Waals surface area (Å²) in [6.45, 7) is 0. The molecule has 20 heavy (non-hydrogen) atoms. The lowest BCUT2D eigenvalue weighted by Gasteiger charge is -2.32. The summed E-state index contributed by atoms with van der Waals surface area (Å²) in [6.07, 6.45) is -7.37. The van der Waals surface area contributed by atoms with Crippen molar-refractivity contribution in [2.75, 3.05) is 0 Å². The number of aliphatic carboxylic acids is 1. The van der Waals surface area contributed by atoms with Gasteiger partial charge in [0, 0.05) is 0 Å². The molecule has 0 heterocycles. The number of halogens is 11. The summed E-state index contributed by atoms with van der Waals surface area (Å²) in [5.74, 6) is -25.8. The second kappa shape index (κ2) is 3.47. The maximum Gasteiger partial charge on any atom is 0.435 e.